The van der Waals surface area contributed by atoms with Crippen LogP contribution in [0.1, 0.15) is 34.1 Å². The number of hydrogen-bond acceptors (Lipinski definition) is 4. The molecule has 5 nitrogen and oxygen atoms in total. The smallest absolute Gasteiger partial charge is 0.234 e. The summed E-state index contributed by atoms with van der Waals surface area (Å²) in [5, 5.41) is 3.07. The van der Waals surface area contributed by atoms with E-state index in [0.717, 1.165) is 39.1 Å². The molecule has 118 valence electrons. The average Bonchev–Trinajstić information content (AvgIpc) is 2.41. The minimum absolute atomic E-state index is 0.144. The van der Waals surface area contributed by atoms with Crippen molar-refractivity contribution in [1.29, 1.82) is 0 Å². The zero-order chi connectivity index (χ0) is 15.1. The largest absolute Gasteiger partial charge is 0.352 e. The molecule has 1 amide bonds. The fourth-order valence-electron chi connectivity index (χ4n) is 2.53. The lowest BCUT2D eigenvalue weighted by atomic mass is 10.1. The maximum absolute atomic E-state index is 12.0. The zero-order valence-corrected chi connectivity index (χ0v) is 13.6. The lowest BCUT2D eigenvalue weighted by Gasteiger charge is -2.38. The first-order valence-corrected chi connectivity index (χ1v) is 7.93. The van der Waals surface area contributed by atoms with Crippen LogP contribution in [0.3, 0.4) is 0 Å². The fraction of sp³-hybridized carbons (Fsp3) is 0.933. The van der Waals surface area contributed by atoms with Crippen LogP contribution in [0.5, 0.6) is 0 Å². The molecule has 2 atom stereocenters. The van der Waals surface area contributed by atoms with Crippen molar-refractivity contribution in [2.45, 2.75) is 46.2 Å². The minimum Gasteiger partial charge on any atom is -0.352 e. The van der Waals surface area contributed by atoms with Crippen LogP contribution < -0.4 is 11.1 Å². The Morgan fingerprint density at radius 2 is 1.80 bits per heavy atom. The zero-order valence-electron chi connectivity index (χ0n) is 13.6. The Morgan fingerprint density at radius 3 is 2.25 bits per heavy atom. The second-order valence-electron chi connectivity index (χ2n) is 6.21. The summed E-state index contributed by atoms with van der Waals surface area (Å²) in [4.78, 5) is 16.7. The topological polar surface area (TPSA) is 61.6 Å². The molecule has 3 N–H and O–H groups in total. The molecule has 1 fully saturated rings. The van der Waals surface area contributed by atoms with Gasteiger partial charge in [0.05, 0.1) is 6.54 Å². The molecular formula is C15H32N4O. The normalized spacial score (nSPS) is 20.9. The van der Waals surface area contributed by atoms with E-state index in [0.29, 0.717) is 18.5 Å². The van der Waals surface area contributed by atoms with Gasteiger partial charge in [0, 0.05) is 44.8 Å². The van der Waals surface area contributed by atoms with E-state index in [2.05, 4.69) is 42.8 Å². The van der Waals surface area contributed by atoms with Crippen molar-refractivity contribution in [2.24, 2.45) is 11.7 Å². The van der Waals surface area contributed by atoms with Crippen LogP contribution in [-0.4, -0.2) is 67.1 Å². The molecule has 0 bridgehead atoms. The lowest BCUT2D eigenvalue weighted by molar-refractivity contribution is -0.123. The summed E-state index contributed by atoms with van der Waals surface area (Å²) in [7, 11) is 0. The Bertz CT molecular complexity index is 284. The Balaban J connectivity index is 2.30. The summed E-state index contributed by atoms with van der Waals surface area (Å²) < 4.78 is 0. The third-order valence-corrected chi connectivity index (χ3v) is 4.42. The number of piperazine rings is 1. The first kappa shape index (κ1) is 17.4. The van der Waals surface area contributed by atoms with Crippen molar-refractivity contribution in [2.75, 3.05) is 39.3 Å². The SMILES string of the molecule is CCC(CN)N1CCN(CC(=O)NC(C)C(C)C)CC1. The third-order valence-electron chi connectivity index (χ3n) is 4.42. The summed E-state index contributed by atoms with van der Waals surface area (Å²) in [6.07, 6.45) is 1.10. The second kappa shape index (κ2) is 8.60. The molecule has 0 saturated carbocycles. The molecule has 0 spiro atoms. The van der Waals surface area contributed by atoms with Gasteiger partial charge in [-0.05, 0) is 19.3 Å². The van der Waals surface area contributed by atoms with Crippen LogP contribution in [0, 0.1) is 5.92 Å². The van der Waals surface area contributed by atoms with Crippen molar-refractivity contribution in [3.05, 3.63) is 0 Å². The molecule has 0 radical (unpaired) electrons. The van der Waals surface area contributed by atoms with Crippen LogP contribution >= 0.6 is 0 Å². The highest BCUT2D eigenvalue weighted by Gasteiger charge is 2.23. The predicted molar refractivity (Wildman–Crippen MR) is 83.6 cm³/mol. The van der Waals surface area contributed by atoms with E-state index >= 15 is 0 Å². The summed E-state index contributed by atoms with van der Waals surface area (Å²) in [6.45, 7) is 13.7. The van der Waals surface area contributed by atoms with E-state index in [4.69, 9.17) is 5.73 Å². The number of amides is 1. The lowest BCUT2D eigenvalue weighted by Crippen LogP contribution is -2.54. The fourth-order valence-corrected chi connectivity index (χ4v) is 2.53. The molecule has 1 aliphatic rings. The van der Waals surface area contributed by atoms with Crippen LogP contribution in [0.4, 0.5) is 0 Å². The Labute approximate surface area is 123 Å². The number of nitrogens with two attached hydrogens (primary N) is 1. The molecule has 0 aromatic heterocycles. The Morgan fingerprint density at radius 1 is 1.20 bits per heavy atom. The van der Waals surface area contributed by atoms with Crippen molar-refractivity contribution < 1.29 is 4.79 Å². The highest BCUT2D eigenvalue weighted by molar-refractivity contribution is 5.78. The van der Waals surface area contributed by atoms with Crippen molar-refractivity contribution in [3.63, 3.8) is 0 Å². The monoisotopic (exact) mass is 284 g/mol. The standard InChI is InChI=1S/C15H32N4O/c1-5-14(10-16)19-8-6-18(7-9-19)11-15(20)17-13(4)12(2)3/h12-14H,5-11,16H2,1-4H3,(H,17,20). The Kier molecular flexibility index (Phi) is 7.48. The molecule has 0 aromatic rings. The van der Waals surface area contributed by atoms with Crippen molar-refractivity contribution in [3.8, 4) is 0 Å². The number of hydrogen-bond donors (Lipinski definition) is 2. The van der Waals surface area contributed by atoms with Gasteiger partial charge in [0.1, 0.15) is 0 Å². The minimum atomic E-state index is 0.144. The van der Waals surface area contributed by atoms with E-state index in [1.807, 2.05) is 0 Å². The van der Waals surface area contributed by atoms with Gasteiger partial charge in [0.15, 0.2) is 0 Å². The van der Waals surface area contributed by atoms with Crippen molar-refractivity contribution >= 4 is 5.91 Å². The second-order valence-corrected chi connectivity index (χ2v) is 6.21. The van der Waals surface area contributed by atoms with Gasteiger partial charge in [0.25, 0.3) is 0 Å². The van der Waals surface area contributed by atoms with Gasteiger partial charge in [0.2, 0.25) is 5.91 Å². The molecular weight excluding hydrogens is 252 g/mol. The first-order chi connectivity index (χ1) is 9.47. The maximum atomic E-state index is 12.0. The van der Waals surface area contributed by atoms with Crippen LogP contribution in [0.15, 0.2) is 0 Å². The highest BCUT2D eigenvalue weighted by atomic mass is 16.2. The first-order valence-electron chi connectivity index (χ1n) is 7.93. The van der Waals surface area contributed by atoms with Crippen LogP contribution in [-0.2, 0) is 4.79 Å². The van der Waals surface area contributed by atoms with Gasteiger partial charge in [-0.25, -0.2) is 0 Å². The number of carbonyl (C=O) groups is 1. The maximum Gasteiger partial charge on any atom is 0.234 e. The molecule has 20 heavy (non-hydrogen) atoms. The number of carbonyl (C=O) groups excluding carboxylic acids is 1. The van der Waals surface area contributed by atoms with Crippen LogP contribution in [0.25, 0.3) is 0 Å². The number of nitrogens with one attached hydrogen (secondary N) is 1. The summed E-state index contributed by atoms with van der Waals surface area (Å²) in [6, 6.07) is 0.734. The Hall–Kier alpha value is -0.650. The molecule has 1 aliphatic heterocycles. The van der Waals surface area contributed by atoms with E-state index < -0.39 is 0 Å². The summed E-state index contributed by atoms with van der Waals surface area (Å²) >= 11 is 0. The van der Waals surface area contributed by atoms with E-state index in [9.17, 15) is 4.79 Å². The van der Waals surface area contributed by atoms with E-state index in [-0.39, 0.29) is 11.9 Å². The van der Waals surface area contributed by atoms with Gasteiger partial charge in [-0.3, -0.25) is 14.6 Å². The van der Waals surface area contributed by atoms with Gasteiger partial charge in [-0.2, -0.15) is 0 Å². The molecule has 5 heteroatoms. The molecule has 2 unspecified atom stereocenters. The molecule has 0 aliphatic carbocycles. The van der Waals surface area contributed by atoms with Gasteiger partial charge in [-0.15, -0.1) is 0 Å². The predicted octanol–water partition coefficient (Wildman–Crippen LogP) is 0.502. The molecule has 1 saturated heterocycles. The molecule has 1 rings (SSSR count). The van der Waals surface area contributed by atoms with Crippen LogP contribution in [0.2, 0.25) is 0 Å². The van der Waals surface area contributed by atoms with Gasteiger partial charge < -0.3 is 11.1 Å². The highest BCUT2D eigenvalue weighted by Crippen LogP contribution is 2.08. The molecule has 1 heterocycles. The average molecular weight is 284 g/mol. The quantitative estimate of drug-likeness (QED) is 0.715. The number of nitrogens with zero attached hydrogens (tertiary/aromatic N) is 2. The summed E-state index contributed by atoms with van der Waals surface area (Å²) in [5.74, 6) is 0.621. The molecule has 0 aromatic carbocycles. The van der Waals surface area contributed by atoms with Crippen molar-refractivity contribution in [1.82, 2.24) is 15.1 Å². The third kappa shape index (κ3) is 5.38. The van der Waals surface area contributed by atoms with E-state index in [1.54, 1.807) is 0 Å². The van der Waals surface area contributed by atoms with Gasteiger partial charge >= 0.3 is 0 Å². The van der Waals surface area contributed by atoms with Gasteiger partial charge in [-0.1, -0.05) is 20.8 Å². The summed E-state index contributed by atoms with van der Waals surface area (Å²) in [5.41, 5.74) is 5.79. The van der Waals surface area contributed by atoms with E-state index in [1.165, 1.54) is 0 Å². The number of rotatable bonds is 7.